The van der Waals surface area contributed by atoms with Gasteiger partial charge in [0.05, 0.1) is 23.5 Å². The average molecular weight is 722 g/mol. The lowest BCUT2D eigenvalue weighted by Gasteiger charge is -2.09. The molecule has 0 saturated heterocycles. The van der Waals surface area contributed by atoms with Crippen LogP contribution in [0.15, 0.2) is 198 Å². The molecule has 0 saturated carbocycles. The molecule has 0 aliphatic heterocycles. The molecule has 5 heteroatoms. The smallest absolute Gasteiger partial charge is 0.167 e. The van der Waals surface area contributed by atoms with Crippen LogP contribution in [0.2, 0.25) is 0 Å². The molecule has 0 radical (unpaired) electrons. The first-order valence-corrected chi connectivity index (χ1v) is 18.4. The molecular weight excluding hydrogens is 685 g/mol. The summed E-state index contributed by atoms with van der Waals surface area (Å²) >= 11 is 0. The molecule has 0 fully saturated rings. The molecule has 0 atom stereocenters. The van der Waals surface area contributed by atoms with E-state index in [-0.39, 0.29) is 29.7 Å². The summed E-state index contributed by atoms with van der Waals surface area (Å²) in [6.07, 6.45) is 0. The summed E-state index contributed by atoms with van der Waals surface area (Å²) in [6, 6.07) is 52.9. The van der Waals surface area contributed by atoms with E-state index in [2.05, 4.69) is 83.4 Å². The predicted octanol–water partition coefficient (Wildman–Crippen LogP) is 13.2. The highest BCUT2D eigenvalue weighted by atomic mass is 16.3. The monoisotopic (exact) mass is 721 g/mol. The van der Waals surface area contributed by atoms with Crippen molar-refractivity contribution in [3.8, 4) is 62.1 Å². The van der Waals surface area contributed by atoms with E-state index in [0.29, 0.717) is 39.7 Å². The Labute approximate surface area is 329 Å². The largest absolute Gasteiger partial charge is 0.455 e. The molecule has 0 bridgehead atoms. The number of aromatic nitrogens is 4. The van der Waals surface area contributed by atoms with Crippen molar-refractivity contribution < 1.29 is 11.3 Å². The van der Waals surface area contributed by atoms with Gasteiger partial charge in [0.15, 0.2) is 17.5 Å². The van der Waals surface area contributed by atoms with Gasteiger partial charge in [0.25, 0.3) is 0 Å². The number of nitrogens with zero attached hydrogens (tertiary/aromatic N) is 4. The van der Waals surface area contributed by atoms with Crippen LogP contribution >= 0.6 is 0 Å². The Morgan fingerprint density at radius 1 is 0.429 bits per heavy atom. The summed E-state index contributed by atoms with van der Waals surface area (Å²) in [7, 11) is 0. The fourth-order valence-electron chi connectivity index (χ4n) is 7.78. The second kappa shape index (κ2) is 13.0. The molecule has 3 aromatic heterocycles. The summed E-state index contributed by atoms with van der Waals surface area (Å²) in [5.74, 6) is 1.32. The zero-order valence-electron chi connectivity index (χ0n) is 34.8. The molecule has 0 aliphatic carbocycles. The Hall–Kier alpha value is -7.63. The zero-order chi connectivity index (χ0) is 41.4. The number of furan rings is 1. The SMILES string of the molecule is [2H]c1c([2H])c([2H])c(-c2ccc(-c3nc(-c4ccccc4)nc(-c4cccc5c4oc4cccc(-c6ccc7c(c6)c6ccccc6n7-c6ccccc6)c45)n3)cc2)c([2H])c1[2H]. The summed E-state index contributed by atoms with van der Waals surface area (Å²) in [5, 5.41) is 4.26. The standard InChI is InChI=1S/C51H32N4O/c1-4-14-33(15-5-1)34-26-28-36(29-27-34)50-52-49(35-16-6-2-7-17-35)53-51(54-50)42-23-12-22-41-47-39(21-13-25-46(47)56-48(41)42)37-30-31-45-43(32-37)40-20-10-11-24-44(40)55(45)38-18-8-3-9-19-38/h1-32H/i1D,4D,5D,14D,15D. The van der Waals surface area contributed by atoms with Crippen molar-refractivity contribution in [1.82, 2.24) is 19.5 Å². The van der Waals surface area contributed by atoms with Crippen LogP contribution in [0, 0.1) is 0 Å². The zero-order valence-corrected chi connectivity index (χ0v) is 29.8. The maximum Gasteiger partial charge on any atom is 0.167 e. The molecule has 8 aromatic carbocycles. The molecule has 0 spiro atoms. The summed E-state index contributed by atoms with van der Waals surface area (Å²) in [6.45, 7) is 0. The first-order chi connectivity index (χ1) is 29.8. The van der Waals surface area contributed by atoms with E-state index in [0.717, 1.165) is 55.2 Å². The van der Waals surface area contributed by atoms with Crippen LogP contribution in [0.25, 0.3) is 106 Å². The third-order valence-electron chi connectivity index (χ3n) is 10.4. The lowest BCUT2D eigenvalue weighted by molar-refractivity contribution is 0.669. The fraction of sp³-hybridized carbons (Fsp3) is 0. The maximum atomic E-state index is 8.48. The van der Waals surface area contributed by atoms with Crippen molar-refractivity contribution in [2.45, 2.75) is 0 Å². The van der Waals surface area contributed by atoms with Gasteiger partial charge in [0.2, 0.25) is 0 Å². The number of benzene rings is 8. The van der Waals surface area contributed by atoms with Gasteiger partial charge in [0, 0.05) is 38.4 Å². The number of rotatable bonds is 6. The Bertz CT molecular complexity index is 3500. The van der Waals surface area contributed by atoms with Gasteiger partial charge in [-0.25, -0.2) is 15.0 Å². The predicted molar refractivity (Wildman–Crippen MR) is 229 cm³/mol. The van der Waals surface area contributed by atoms with Gasteiger partial charge in [0.1, 0.15) is 11.2 Å². The molecule has 11 aromatic rings. The molecular formula is C51H32N4O. The molecule has 0 N–H and O–H groups in total. The molecule has 56 heavy (non-hydrogen) atoms. The van der Waals surface area contributed by atoms with Crippen LogP contribution in [0.3, 0.4) is 0 Å². The van der Waals surface area contributed by atoms with E-state index in [1.165, 1.54) is 5.39 Å². The number of fused-ring (bicyclic) bond motifs is 6. The van der Waals surface area contributed by atoms with Gasteiger partial charge < -0.3 is 8.98 Å². The van der Waals surface area contributed by atoms with E-state index in [4.69, 9.17) is 26.2 Å². The van der Waals surface area contributed by atoms with E-state index >= 15 is 0 Å². The van der Waals surface area contributed by atoms with Crippen LogP contribution in [0.1, 0.15) is 6.85 Å². The van der Waals surface area contributed by atoms with Gasteiger partial charge >= 0.3 is 0 Å². The van der Waals surface area contributed by atoms with Gasteiger partial charge in [-0.3, -0.25) is 0 Å². The van der Waals surface area contributed by atoms with Crippen molar-refractivity contribution in [3.63, 3.8) is 0 Å². The van der Waals surface area contributed by atoms with Crippen molar-refractivity contribution in [3.05, 3.63) is 194 Å². The Morgan fingerprint density at radius 2 is 1.04 bits per heavy atom. The second-order valence-electron chi connectivity index (χ2n) is 13.6. The third-order valence-corrected chi connectivity index (χ3v) is 10.4. The maximum absolute atomic E-state index is 8.48. The highest BCUT2D eigenvalue weighted by molar-refractivity contribution is 6.17. The van der Waals surface area contributed by atoms with Gasteiger partial charge in [-0.2, -0.15) is 0 Å². The Kier molecular flexibility index (Phi) is 6.29. The molecule has 3 heterocycles. The van der Waals surface area contributed by atoms with Crippen LogP contribution in [-0.4, -0.2) is 19.5 Å². The highest BCUT2D eigenvalue weighted by Gasteiger charge is 2.20. The normalized spacial score (nSPS) is 12.8. The lowest BCUT2D eigenvalue weighted by Crippen LogP contribution is -2.00. The number of hydrogen-bond donors (Lipinski definition) is 0. The van der Waals surface area contributed by atoms with Crippen molar-refractivity contribution in [2.24, 2.45) is 0 Å². The minimum Gasteiger partial charge on any atom is -0.455 e. The van der Waals surface area contributed by atoms with E-state index < -0.39 is 6.04 Å². The van der Waals surface area contributed by atoms with Gasteiger partial charge in [-0.05, 0) is 64.7 Å². The molecule has 0 unspecified atom stereocenters. The lowest BCUT2D eigenvalue weighted by atomic mass is 9.97. The summed E-state index contributed by atoms with van der Waals surface area (Å²) in [5.41, 5.74) is 9.71. The van der Waals surface area contributed by atoms with Crippen LogP contribution in [0.4, 0.5) is 0 Å². The number of para-hydroxylation sites is 3. The quantitative estimate of drug-likeness (QED) is 0.172. The molecule has 262 valence electrons. The minimum atomic E-state index is -0.429. The average Bonchev–Trinajstić information content (AvgIpc) is 3.87. The van der Waals surface area contributed by atoms with Crippen LogP contribution in [-0.2, 0) is 0 Å². The van der Waals surface area contributed by atoms with E-state index in [1.807, 2.05) is 60.7 Å². The van der Waals surface area contributed by atoms with Gasteiger partial charge in [-0.1, -0.05) is 152 Å². The van der Waals surface area contributed by atoms with Crippen molar-refractivity contribution >= 4 is 43.7 Å². The molecule has 5 nitrogen and oxygen atoms in total. The number of hydrogen-bond acceptors (Lipinski definition) is 4. The second-order valence-corrected chi connectivity index (χ2v) is 13.6. The molecule has 0 amide bonds. The summed E-state index contributed by atoms with van der Waals surface area (Å²) in [4.78, 5) is 14.9. The van der Waals surface area contributed by atoms with Crippen molar-refractivity contribution in [2.75, 3.05) is 0 Å². The van der Waals surface area contributed by atoms with Gasteiger partial charge in [-0.15, -0.1) is 0 Å². The Balaban J connectivity index is 1.06. The fourth-order valence-corrected chi connectivity index (χ4v) is 7.78. The molecule has 11 rings (SSSR count). The van der Waals surface area contributed by atoms with E-state index in [9.17, 15) is 0 Å². The first-order valence-electron chi connectivity index (χ1n) is 20.9. The topological polar surface area (TPSA) is 56.7 Å². The first kappa shape index (κ1) is 27.0. The minimum absolute atomic E-state index is 0.133. The highest BCUT2D eigenvalue weighted by Crippen LogP contribution is 2.42. The third kappa shape index (κ3) is 5.29. The van der Waals surface area contributed by atoms with Crippen LogP contribution < -0.4 is 0 Å². The van der Waals surface area contributed by atoms with Crippen molar-refractivity contribution in [1.29, 1.82) is 0 Å². The Morgan fingerprint density at radius 3 is 1.84 bits per heavy atom. The van der Waals surface area contributed by atoms with E-state index in [1.54, 1.807) is 24.3 Å². The molecule has 0 aliphatic rings. The summed E-state index contributed by atoms with van der Waals surface area (Å²) < 4.78 is 50.4. The van der Waals surface area contributed by atoms with Crippen LogP contribution in [0.5, 0.6) is 0 Å².